The summed E-state index contributed by atoms with van der Waals surface area (Å²) in [6, 6.07) is 3.35. The maximum absolute atomic E-state index is 9.51. The zero-order chi connectivity index (χ0) is 8.72. The molecular weight excluding hydrogens is 192 g/mol. The molecule has 0 aliphatic heterocycles. The molecule has 62 valence electrons. The average molecular weight is 199 g/mol. The highest BCUT2D eigenvalue weighted by molar-refractivity contribution is 7.18. The number of halogens is 1. The molecule has 1 nitrogen and oxygen atoms in total. The summed E-state index contributed by atoms with van der Waals surface area (Å²) in [6.45, 7) is 1.97. The minimum Gasteiger partial charge on any atom is -0.507 e. The molecular formula is C9H7ClOS. The van der Waals surface area contributed by atoms with E-state index >= 15 is 0 Å². The van der Waals surface area contributed by atoms with Crippen molar-refractivity contribution >= 4 is 33.0 Å². The van der Waals surface area contributed by atoms with E-state index in [1.54, 1.807) is 23.5 Å². The third-order valence-corrected chi connectivity index (χ3v) is 3.39. The normalized spacial score (nSPS) is 10.8. The van der Waals surface area contributed by atoms with Gasteiger partial charge in [-0.05, 0) is 30.0 Å². The molecule has 1 aromatic heterocycles. The van der Waals surface area contributed by atoms with Crippen molar-refractivity contribution < 1.29 is 5.11 Å². The van der Waals surface area contributed by atoms with Crippen LogP contribution in [0.25, 0.3) is 10.1 Å². The van der Waals surface area contributed by atoms with Gasteiger partial charge in [-0.1, -0.05) is 11.6 Å². The summed E-state index contributed by atoms with van der Waals surface area (Å²) in [5.74, 6) is 0.313. The second kappa shape index (κ2) is 2.64. The number of phenols is 1. The Morgan fingerprint density at radius 1 is 1.42 bits per heavy atom. The van der Waals surface area contributed by atoms with Crippen LogP contribution in [0.2, 0.25) is 5.02 Å². The Morgan fingerprint density at radius 2 is 2.17 bits per heavy atom. The van der Waals surface area contributed by atoms with Gasteiger partial charge in [-0.25, -0.2) is 0 Å². The molecule has 0 saturated heterocycles. The molecule has 1 heterocycles. The first-order chi connectivity index (χ1) is 5.70. The topological polar surface area (TPSA) is 20.2 Å². The third-order valence-electron chi connectivity index (χ3n) is 1.84. The third kappa shape index (κ3) is 0.993. The lowest BCUT2D eigenvalue weighted by Gasteiger charge is -1.97. The van der Waals surface area contributed by atoms with E-state index in [9.17, 15) is 5.11 Å². The summed E-state index contributed by atoms with van der Waals surface area (Å²) in [4.78, 5) is 0. The Hall–Kier alpha value is -0.730. The highest BCUT2D eigenvalue weighted by Crippen LogP contribution is 2.37. The van der Waals surface area contributed by atoms with Crippen molar-refractivity contribution in [2.24, 2.45) is 0 Å². The van der Waals surface area contributed by atoms with Crippen molar-refractivity contribution in [1.29, 1.82) is 0 Å². The van der Waals surface area contributed by atoms with Crippen molar-refractivity contribution in [1.82, 2.24) is 0 Å². The molecule has 3 heteroatoms. The first kappa shape index (κ1) is 7.90. The highest BCUT2D eigenvalue weighted by atomic mass is 35.5. The quantitative estimate of drug-likeness (QED) is 0.686. The fourth-order valence-electron chi connectivity index (χ4n) is 1.25. The van der Waals surface area contributed by atoms with Crippen LogP contribution in [0.15, 0.2) is 17.5 Å². The average Bonchev–Trinajstić information content (AvgIpc) is 2.42. The molecule has 0 saturated carbocycles. The minimum atomic E-state index is 0.313. The number of hydrogen-bond acceptors (Lipinski definition) is 2. The number of thiophene rings is 1. The molecule has 2 rings (SSSR count). The predicted octanol–water partition coefficient (Wildman–Crippen LogP) is 3.57. The number of fused-ring (bicyclic) bond motifs is 1. The van der Waals surface area contributed by atoms with Gasteiger partial charge in [0, 0.05) is 5.39 Å². The Morgan fingerprint density at radius 3 is 2.83 bits per heavy atom. The largest absolute Gasteiger partial charge is 0.507 e. The lowest BCUT2D eigenvalue weighted by Crippen LogP contribution is -1.71. The van der Waals surface area contributed by atoms with E-state index in [0.717, 1.165) is 15.6 Å². The molecule has 0 unspecified atom stereocenters. The van der Waals surface area contributed by atoms with Gasteiger partial charge in [0.1, 0.15) is 5.75 Å². The van der Waals surface area contributed by atoms with Gasteiger partial charge in [0.2, 0.25) is 0 Å². The molecule has 1 aromatic carbocycles. The fourth-order valence-corrected chi connectivity index (χ4v) is 2.52. The van der Waals surface area contributed by atoms with Crippen LogP contribution in [0.1, 0.15) is 5.56 Å². The Labute approximate surface area is 79.2 Å². The van der Waals surface area contributed by atoms with E-state index < -0.39 is 0 Å². The SMILES string of the molecule is Cc1csc2c(Cl)ccc(O)c12. The van der Waals surface area contributed by atoms with E-state index in [-0.39, 0.29) is 0 Å². The molecule has 2 aromatic rings. The van der Waals surface area contributed by atoms with Crippen molar-refractivity contribution in [3.63, 3.8) is 0 Å². The van der Waals surface area contributed by atoms with E-state index in [2.05, 4.69) is 0 Å². The van der Waals surface area contributed by atoms with Crippen molar-refractivity contribution in [3.05, 3.63) is 28.1 Å². The summed E-state index contributed by atoms with van der Waals surface area (Å²) in [7, 11) is 0. The van der Waals surface area contributed by atoms with E-state index in [1.165, 1.54) is 0 Å². The Kier molecular flexibility index (Phi) is 1.74. The molecule has 0 aliphatic carbocycles. The number of hydrogen-bond donors (Lipinski definition) is 1. The van der Waals surface area contributed by atoms with Gasteiger partial charge in [-0.15, -0.1) is 11.3 Å². The maximum atomic E-state index is 9.51. The summed E-state index contributed by atoms with van der Waals surface area (Å²) >= 11 is 7.50. The molecule has 0 spiro atoms. The molecule has 0 fully saturated rings. The lowest BCUT2D eigenvalue weighted by molar-refractivity contribution is 0.481. The summed E-state index contributed by atoms with van der Waals surface area (Å²) < 4.78 is 0.967. The molecule has 0 atom stereocenters. The zero-order valence-corrected chi connectivity index (χ0v) is 8.04. The number of aromatic hydroxyl groups is 1. The first-order valence-corrected chi connectivity index (χ1v) is 4.81. The van der Waals surface area contributed by atoms with Crippen LogP contribution in [0.5, 0.6) is 5.75 Å². The molecule has 1 N–H and O–H groups in total. The predicted molar refractivity (Wildman–Crippen MR) is 53.2 cm³/mol. The van der Waals surface area contributed by atoms with Crippen LogP contribution in [-0.4, -0.2) is 5.11 Å². The summed E-state index contributed by atoms with van der Waals surface area (Å²) in [5.41, 5.74) is 1.08. The van der Waals surface area contributed by atoms with Crippen LogP contribution in [0.3, 0.4) is 0 Å². The number of aryl methyl sites for hydroxylation is 1. The second-order valence-corrected chi connectivity index (χ2v) is 3.98. The van der Waals surface area contributed by atoms with Gasteiger partial charge in [0.25, 0.3) is 0 Å². The molecule has 0 amide bonds. The van der Waals surface area contributed by atoms with Crippen LogP contribution >= 0.6 is 22.9 Å². The number of phenolic OH excluding ortho intramolecular Hbond substituents is 1. The highest BCUT2D eigenvalue weighted by Gasteiger charge is 2.07. The lowest BCUT2D eigenvalue weighted by atomic mass is 10.2. The van der Waals surface area contributed by atoms with Crippen molar-refractivity contribution in [2.75, 3.05) is 0 Å². The van der Waals surface area contributed by atoms with Gasteiger partial charge in [0.15, 0.2) is 0 Å². The first-order valence-electron chi connectivity index (χ1n) is 3.55. The molecule has 0 bridgehead atoms. The van der Waals surface area contributed by atoms with Gasteiger partial charge < -0.3 is 5.11 Å². The molecule has 0 radical (unpaired) electrons. The van der Waals surface area contributed by atoms with Crippen molar-refractivity contribution in [2.45, 2.75) is 6.92 Å². The van der Waals surface area contributed by atoms with E-state index in [0.29, 0.717) is 10.8 Å². The van der Waals surface area contributed by atoms with E-state index in [4.69, 9.17) is 11.6 Å². The van der Waals surface area contributed by atoms with Gasteiger partial charge in [0.05, 0.1) is 9.72 Å². The Bertz CT molecular complexity index is 433. The van der Waals surface area contributed by atoms with Crippen LogP contribution < -0.4 is 0 Å². The van der Waals surface area contributed by atoms with Gasteiger partial charge in [-0.2, -0.15) is 0 Å². The summed E-state index contributed by atoms with van der Waals surface area (Å²) in [6.07, 6.45) is 0. The van der Waals surface area contributed by atoms with Gasteiger partial charge >= 0.3 is 0 Å². The van der Waals surface area contributed by atoms with Crippen molar-refractivity contribution in [3.8, 4) is 5.75 Å². The standard InChI is InChI=1S/C9H7ClOS/c1-5-4-12-9-6(10)2-3-7(11)8(5)9/h2-4,11H,1H3. The Balaban J connectivity index is 2.98. The summed E-state index contributed by atoms with van der Waals surface area (Å²) in [5, 5.41) is 13.1. The van der Waals surface area contributed by atoms with Crippen LogP contribution in [-0.2, 0) is 0 Å². The fraction of sp³-hybridized carbons (Fsp3) is 0.111. The zero-order valence-electron chi connectivity index (χ0n) is 6.47. The monoisotopic (exact) mass is 198 g/mol. The number of rotatable bonds is 0. The van der Waals surface area contributed by atoms with Crippen LogP contribution in [0, 0.1) is 6.92 Å². The van der Waals surface area contributed by atoms with E-state index in [1.807, 2.05) is 12.3 Å². The second-order valence-electron chi connectivity index (χ2n) is 2.69. The van der Waals surface area contributed by atoms with Crippen LogP contribution in [0.4, 0.5) is 0 Å². The number of benzene rings is 1. The smallest absolute Gasteiger partial charge is 0.124 e. The molecule has 12 heavy (non-hydrogen) atoms. The maximum Gasteiger partial charge on any atom is 0.124 e. The molecule has 0 aliphatic rings. The van der Waals surface area contributed by atoms with Gasteiger partial charge in [-0.3, -0.25) is 0 Å². The minimum absolute atomic E-state index is 0.313.